The highest BCUT2D eigenvalue weighted by molar-refractivity contribution is 6.36. The van der Waals surface area contributed by atoms with Gasteiger partial charge in [-0.25, -0.2) is 9.69 Å². The van der Waals surface area contributed by atoms with E-state index < -0.39 is 23.4 Å². The zero-order valence-electron chi connectivity index (χ0n) is 21.1. The molecule has 2 atom stereocenters. The fourth-order valence-corrected chi connectivity index (χ4v) is 6.15. The number of halogens is 2. The molecule has 2 fully saturated rings. The Balaban J connectivity index is 1.44. The van der Waals surface area contributed by atoms with E-state index in [9.17, 15) is 19.6 Å². The highest BCUT2D eigenvalue weighted by Crippen LogP contribution is 2.47. The van der Waals surface area contributed by atoms with Crippen LogP contribution >= 0.6 is 23.2 Å². The SMILES string of the molecule is CN1C(=O)N(c2cc(Cl)cc(Cl)c2)C(=O)C12CN(C(=O)c1ccc3nccnc3c1)CC2c1ccc(C#N)cc1. The van der Waals surface area contributed by atoms with Gasteiger partial charge in [0.2, 0.25) is 0 Å². The second-order valence-electron chi connectivity index (χ2n) is 9.77. The molecule has 0 radical (unpaired) electrons. The van der Waals surface area contributed by atoms with Crippen LogP contribution in [0.5, 0.6) is 0 Å². The van der Waals surface area contributed by atoms with Crippen molar-refractivity contribution in [3.05, 3.63) is 99.8 Å². The van der Waals surface area contributed by atoms with E-state index in [0.717, 1.165) is 10.5 Å². The molecule has 40 heavy (non-hydrogen) atoms. The molecule has 3 heterocycles. The quantitative estimate of drug-likeness (QED) is 0.324. The van der Waals surface area contributed by atoms with Gasteiger partial charge < -0.3 is 9.80 Å². The summed E-state index contributed by atoms with van der Waals surface area (Å²) >= 11 is 12.4. The molecule has 4 aromatic rings. The summed E-state index contributed by atoms with van der Waals surface area (Å²) in [6.45, 7) is 0.123. The number of carbonyl (C=O) groups excluding carboxylic acids is 3. The first-order valence-corrected chi connectivity index (χ1v) is 13.1. The van der Waals surface area contributed by atoms with Gasteiger partial charge in [0.15, 0.2) is 0 Å². The number of aromatic nitrogens is 2. The molecule has 0 bridgehead atoms. The van der Waals surface area contributed by atoms with Crippen LogP contribution in [0, 0.1) is 11.3 Å². The number of likely N-dealkylation sites (tertiary alicyclic amines) is 1. The minimum absolute atomic E-state index is 0.0408. The second-order valence-corrected chi connectivity index (χ2v) is 10.6. The molecule has 0 N–H and O–H groups in total. The maximum Gasteiger partial charge on any atom is 0.332 e. The van der Waals surface area contributed by atoms with Crippen LogP contribution in [0.15, 0.2) is 73.1 Å². The summed E-state index contributed by atoms with van der Waals surface area (Å²) in [5, 5.41) is 9.84. The highest BCUT2D eigenvalue weighted by Gasteiger charge is 2.65. The molecule has 2 saturated heterocycles. The van der Waals surface area contributed by atoms with E-state index in [1.165, 1.54) is 23.1 Å². The number of hydrogen-bond acceptors (Lipinski definition) is 6. The molecule has 2 unspecified atom stereocenters. The molecule has 1 spiro atoms. The molecule has 9 nitrogen and oxygen atoms in total. The van der Waals surface area contributed by atoms with E-state index in [-0.39, 0.29) is 34.7 Å². The lowest BCUT2D eigenvalue weighted by Gasteiger charge is -2.33. The average Bonchev–Trinajstić information content (AvgIpc) is 3.44. The number of anilines is 1. The molecule has 4 amide bonds. The first kappa shape index (κ1) is 25.7. The van der Waals surface area contributed by atoms with Gasteiger partial charge in [-0.15, -0.1) is 0 Å². The van der Waals surface area contributed by atoms with Crippen LogP contribution in [0.4, 0.5) is 10.5 Å². The average molecular weight is 571 g/mol. The van der Waals surface area contributed by atoms with Crippen molar-refractivity contribution in [1.29, 1.82) is 5.26 Å². The number of carbonyl (C=O) groups is 3. The van der Waals surface area contributed by atoms with Crippen LogP contribution in [0.25, 0.3) is 11.0 Å². The Kier molecular flexibility index (Phi) is 6.17. The predicted molar refractivity (Wildman–Crippen MR) is 149 cm³/mol. The Morgan fingerprint density at radius 2 is 1.65 bits per heavy atom. The molecule has 1 aromatic heterocycles. The molecule has 6 rings (SSSR count). The van der Waals surface area contributed by atoms with Crippen LogP contribution in [-0.4, -0.2) is 63.3 Å². The van der Waals surface area contributed by atoms with Gasteiger partial charge in [0.05, 0.1) is 34.9 Å². The van der Waals surface area contributed by atoms with Crippen molar-refractivity contribution in [2.45, 2.75) is 11.5 Å². The Labute approximate surface area is 239 Å². The van der Waals surface area contributed by atoms with Crippen molar-refractivity contribution in [2.24, 2.45) is 0 Å². The van der Waals surface area contributed by atoms with Gasteiger partial charge in [-0.2, -0.15) is 5.26 Å². The largest absolute Gasteiger partial charge is 0.335 e. The van der Waals surface area contributed by atoms with Gasteiger partial charge in [-0.3, -0.25) is 19.6 Å². The Bertz CT molecular complexity index is 1730. The molecule has 2 aliphatic heterocycles. The zero-order valence-corrected chi connectivity index (χ0v) is 22.6. The van der Waals surface area contributed by atoms with Crippen molar-refractivity contribution in [3.8, 4) is 6.07 Å². The van der Waals surface area contributed by atoms with Gasteiger partial charge in [-0.05, 0) is 54.1 Å². The third-order valence-electron chi connectivity index (χ3n) is 7.61. The lowest BCUT2D eigenvalue weighted by atomic mass is 9.80. The van der Waals surface area contributed by atoms with Gasteiger partial charge in [0.25, 0.3) is 11.8 Å². The standard InChI is InChI=1S/C29H20Cl2N6O3/c1-35-28(40)37(22-12-20(30)11-21(31)13-22)27(39)29(35)16-36(15-23(29)18-4-2-17(14-32)3-5-18)26(38)19-6-7-24-25(10-19)34-9-8-33-24/h2-13,23H,15-16H2,1H3. The van der Waals surface area contributed by atoms with E-state index in [1.54, 1.807) is 66.8 Å². The summed E-state index contributed by atoms with van der Waals surface area (Å²) < 4.78 is 0. The van der Waals surface area contributed by atoms with Crippen molar-refractivity contribution in [3.63, 3.8) is 0 Å². The molecular formula is C29H20Cl2N6O3. The van der Waals surface area contributed by atoms with E-state index in [4.69, 9.17) is 23.2 Å². The summed E-state index contributed by atoms with van der Waals surface area (Å²) in [6, 6.07) is 17.9. The molecule has 11 heteroatoms. The minimum atomic E-state index is -1.41. The van der Waals surface area contributed by atoms with E-state index >= 15 is 0 Å². The summed E-state index contributed by atoms with van der Waals surface area (Å²) in [7, 11) is 1.56. The number of urea groups is 1. The van der Waals surface area contributed by atoms with Gasteiger partial charge in [0.1, 0.15) is 5.54 Å². The first-order valence-electron chi connectivity index (χ1n) is 12.3. The maximum atomic E-state index is 14.3. The topological polar surface area (TPSA) is 110 Å². The summed E-state index contributed by atoms with van der Waals surface area (Å²) in [5.41, 5.74) is 1.62. The molecule has 2 aliphatic rings. The fraction of sp³-hybridized carbons (Fsp3) is 0.172. The lowest BCUT2D eigenvalue weighted by molar-refractivity contribution is -0.124. The molecule has 0 saturated carbocycles. The number of imide groups is 1. The minimum Gasteiger partial charge on any atom is -0.335 e. The number of nitriles is 1. The van der Waals surface area contributed by atoms with Gasteiger partial charge in [0, 0.05) is 47.5 Å². The smallest absolute Gasteiger partial charge is 0.332 e. The van der Waals surface area contributed by atoms with Crippen molar-refractivity contribution in [1.82, 2.24) is 19.8 Å². The van der Waals surface area contributed by atoms with Gasteiger partial charge >= 0.3 is 6.03 Å². The number of nitrogens with zero attached hydrogens (tertiary/aromatic N) is 6. The fourth-order valence-electron chi connectivity index (χ4n) is 5.64. The highest BCUT2D eigenvalue weighted by atomic mass is 35.5. The van der Waals surface area contributed by atoms with Crippen LogP contribution < -0.4 is 4.90 Å². The summed E-state index contributed by atoms with van der Waals surface area (Å²) in [5.74, 6) is -1.38. The Morgan fingerprint density at radius 1 is 0.975 bits per heavy atom. The normalized spacial score (nSPS) is 20.6. The van der Waals surface area contributed by atoms with E-state index in [0.29, 0.717) is 22.2 Å². The number of fused-ring (bicyclic) bond motifs is 1. The Morgan fingerprint density at radius 3 is 2.33 bits per heavy atom. The maximum absolute atomic E-state index is 14.3. The van der Waals surface area contributed by atoms with E-state index in [2.05, 4.69) is 16.0 Å². The summed E-state index contributed by atoms with van der Waals surface area (Å²) in [6.07, 6.45) is 3.13. The molecule has 3 aromatic carbocycles. The van der Waals surface area contributed by atoms with Gasteiger partial charge in [-0.1, -0.05) is 35.3 Å². The number of likely N-dealkylation sites (N-methyl/N-ethyl adjacent to an activating group) is 1. The van der Waals surface area contributed by atoms with Crippen molar-refractivity contribution < 1.29 is 14.4 Å². The predicted octanol–water partition coefficient (Wildman–Crippen LogP) is 4.89. The first-order chi connectivity index (χ1) is 19.2. The lowest BCUT2D eigenvalue weighted by Crippen LogP contribution is -2.54. The zero-order chi connectivity index (χ0) is 28.2. The molecular weight excluding hydrogens is 551 g/mol. The van der Waals surface area contributed by atoms with Crippen LogP contribution in [0.3, 0.4) is 0 Å². The monoisotopic (exact) mass is 570 g/mol. The van der Waals surface area contributed by atoms with Crippen molar-refractivity contribution in [2.75, 3.05) is 25.0 Å². The second kappa shape index (κ2) is 9.59. The molecule has 0 aliphatic carbocycles. The number of hydrogen-bond donors (Lipinski definition) is 0. The molecule has 198 valence electrons. The van der Waals surface area contributed by atoms with Crippen LogP contribution in [-0.2, 0) is 4.79 Å². The van der Waals surface area contributed by atoms with Crippen LogP contribution in [0.2, 0.25) is 10.0 Å². The summed E-state index contributed by atoms with van der Waals surface area (Å²) in [4.78, 5) is 54.4. The number of benzene rings is 3. The third kappa shape index (κ3) is 3.96. The van der Waals surface area contributed by atoms with Crippen LogP contribution in [0.1, 0.15) is 27.4 Å². The Hall–Kier alpha value is -4.52. The number of amides is 4. The van der Waals surface area contributed by atoms with Crippen molar-refractivity contribution >= 4 is 57.8 Å². The number of rotatable bonds is 3. The van der Waals surface area contributed by atoms with E-state index in [1.807, 2.05) is 0 Å². The third-order valence-corrected chi connectivity index (χ3v) is 8.05.